The second-order valence-electron chi connectivity index (χ2n) is 5.03. The van der Waals surface area contributed by atoms with Crippen LogP contribution in [0.5, 0.6) is 0 Å². The zero-order valence-electron chi connectivity index (χ0n) is 10.1. The predicted octanol–water partition coefficient (Wildman–Crippen LogP) is 4.79. The summed E-state index contributed by atoms with van der Waals surface area (Å²) in [5.74, 6) is 0. The van der Waals surface area contributed by atoms with Gasteiger partial charge in [-0.3, -0.25) is 0 Å². The quantitative estimate of drug-likeness (QED) is 0.565. The van der Waals surface area contributed by atoms with E-state index in [1.165, 1.54) is 44.1 Å². The van der Waals surface area contributed by atoms with E-state index in [9.17, 15) is 0 Å². The molecule has 0 atom stereocenters. The number of hydrogen-bond acceptors (Lipinski definition) is 0. The van der Waals surface area contributed by atoms with Gasteiger partial charge >= 0.3 is 0 Å². The Bertz CT molecular complexity index is 309. The van der Waals surface area contributed by atoms with Crippen LogP contribution in [0, 0.1) is 5.41 Å². The van der Waals surface area contributed by atoms with Crippen LogP contribution in [0.2, 0.25) is 0 Å². The lowest BCUT2D eigenvalue weighted by Crippen LogP contribution is -2.21. The summed E-state index contributed by atoms with van der Waals surface area (Å²) in [6.07, 6.45) is 17.4. The fraction of sp³-hybridized carbons (Fsp3) is 0.600. The van der Waals surface area contributed by atoms with E-state index < -0.39 is 0 Å². The summed E-state index contributed by atoms with van der Waals surface area (Å²) >= 11 is 0. The molecule has 0 radical (unpaired) electrons. The topological polar surface area (TPSA) is 0 Å². The minimum absolute atomic E-state index is 0.554. The lowest BCUT2D eigenvalue weighted by atomic mass is 9.70. The molecule has 0 heterocycles. The van der Waals surface area contributed by atoms with Gasteiger partial charge in [-0.15, -0.1) is 0 Å². The molecule has 0 saturated heterocycles. The largest absolute Gasteiger partial charge is 0.0913 e. The highest BCUT2D eigenvalue weighted by atomic mass is 14.4. The molecule has 2 rings (SSSR count). The molecule has 0 aliphatic heterocycles. The summed E-state index contributed by atoms with van der Waals surface area (Å²) in [6, 6.07) is 0. The highest BCUT2D eigenvalue weighted by Gasteiger charge is 2.37. The molecular formula is C15H22. The molecule has 0 aromatic rings. The third-order valence-corrected chi connectivity index (χ3v) is 4.11. The lowest BCUT2D eigenvalue weighted by molar-refractivity contribution is 0.359. The molecular weight excluding hydrogens is 180 g/mol. The Morgan fingerprint density at radius 2 is 2.07 bits per heavy atom. The number of rotatable bonds is 2. The van der Waals surface area contributed by atoms with Crippen LogP contribution in [-0.4, -0.2) is 0 Å². The van der Waals surface area contributed by atoms with Gasteiger partial charge in [-0.1, -0.05) is 48.3 Å². The van der Waals surface area contributed by atoms with Gasteiger partial charge in [-0.05, 0) is 44.9 Å². The highest BCUT2D eigenvalue weighted by Crippen LogP contribution is 2.51. The second kappa shape index (κ2) is 4.38. The summed E-state index contributed by atoms with van der Waals surface area (Å²) in [5, 5.41) is 0. The van der Waals surface area contributed by atoms with Gasteiger partial charge in [-0.25, -0.2) is 0 Å². The van der Waals surface area contributed by atoms with Crippen molar-refractivity contribution in [2.45, 2.75) is 52.4 Å². The first kappa shape index (κ1) is 10.7. The van der Waals surface area contributed by atoms with Crippen LogP contribution >= 0.6 is 0 Å². The van der Waals surface area contributed by atoms with Crippen LogP contribution in [0.4, 0.5) is 0 Å². The molecule has 0 bridgehead atoms. The van der Waals surface area contributed by atoms with Gasteiger partial charge in [0.15, 0.2) is 0 Å². The average molecular weight is 202 g/mol. The number of hydrogen-bond donors (Lipinski definition) is 0. The maximum atomic E-state index is 2.39. The van der Waals surface area contributed by atoms with Gasteiger partial charge in [0.1, 0.15) is 0 Å². The first-order valence-electron chi connectivity index (χ1n) is 6.26. The monoisotopic (exact) mass is 202 g/mol. The van der Waals surface area contributed by atoms with Gasteiger partial charge in [0.25, 0.3) is 0 Å². The molecule has 82 valence electrons. The average Bonchev–Trinajstić information content (AvgIpc) is 2.67. The third-order valence-electron chi connectivity index (χ3n) is 4.11. The highest BCUT2D eigenvalue weighted by molar-refractivity contribution is 5.36. The van der Waals surface area contributed by atoms with Crippen LogP contribution in [0.3, 0.4) is 0 Å². The van der Waals surface area contributed by atoms with Gasteiger partial charge in [-0.2, -0.15) is 0 Å². The Kier molecular flexibility index (Phi) is 3.14. The van der Waals surface area contributed by atoms with E-state index >= 15 is 0 Å². The van der Waals surface area contributed by atoms with Crippen molar-refractivity contribution in [1.82, 2.24) is 0 Å². The molecule has 0 aromatic carbocycles. The molecule has 2 aliphatic rings. The summed E-state index contributed by atoms with van der Waals surface area (Å²) in [5.41, 5.74) is 3.81. The van der Waals surface area contributed by atoms with E-state index in [-0.39, 0.29) is 0 Å². The SMILES string of the molecule is C/C=C/CC1=C(C)C=CCC12CCCC2. The van der Waals surface area contributed by atoms with Gasteiger partial charge < -0.3 is 0 Å². The van der Waals surface area contributed by atoms with Gasteiger partial charge in [0.2, 0.25) is 0 Å². The van der Waals surface area contributed by atoms with E-state index in [0.717, 1.165) is 0 Å². The van der Waals surface area contributed by atoms with Gasteiger partial charge in [0, 0.05) is 0 Å². The fourth-order valence-electron chi connectivity index (χ4n) is 3.27. The molecule has 15 heavy (non-hydrogen) atoms. The Morgan fingerprint density at radius 1 is 1.33 bits per heavy atom. The van der Waals surface area contributed by atoms with E-state index in [0.29, 0.717) is 5.41 Å². The normalized spacial score (nSPS) is 24.7. The maximum absolute atomic E-state index is 2.39. The molecule has 0 amide bonds. The Labute approximate surface area is 93.8 Å². The summed E-state index contributed by atoms with van der Waals surface area (Å²) in [6.45, 7) is 4.41. The maximum Gasteiger partial charge on any atom is -0.00447 e. The van der Waals surface area contributed by atoms with Crippen LogP contribution in [0.25, 0.3) is 0 Å². The first-order chi connectivity index (χ1) is 7.28. The Morgan fingerprint density at radius 3 is 2.73 bits per heavy atom. The van der Waals surface area contributed by atoms with Crippen LogP contribution in [-0.2, 0) is 0 Å². The zero-order valence-corrected chi connectivity index (χ0v) is 10.1. The molecule has 1 fully saturated rings. The molecule has 0 heteroatoms. The first-order valence-corrected chi connectivity index (χ1v) is 6.26. The Hall–Kier alpha value is -0.780. The lowest BCUT2D eigenvalue weighted by Gasteiger charge is -2.34. The minimum Gasteiger partial charge on any atom is -0.0913 e. The van der Waals surface area contributed by atoms with Crippen molar-refractivity contribution in [2.24, 2.45) is 5.41 Å². The smallest absolute Gasteiger partial charge is 0.00447 e. The van der Waals surface area contributed by atoms with E-state index in [1.54, 1.807) is 5.57 Å². The summed E-state index contributed by atoms with van der Waals surface area (Å²) in [4.78, 5) is 0. The summed E-state index contributed by atoms with van der Waals surface area (Å²) < 4.78 is 0. The fourth-order valence-corrected chi connectivity index (χ4v) is 3.27. The molecule has 1 saturated carbocycles. The molecule has 0 unspecified atom stereocenters. The Balaban J connectivity index is 2.28. The van der Waals surface area contributed by atoms with Crippen molar-refractivity contribution < 1.29 is 0 Å². The van der Waals surface area contributed by atoms with Crippen molar-refractivity contribution in [3.05, 3.63) is 35.5 Å². The standard InChI is InChI=1S/C15H22/c1-3-4-9-14-13(2)8-7-12-15(14)10-5-6-11-15/h3-4,7-8H,5-6,9-12H2,1-2H3/b4-3+. The van der Waals surface area contributed by atoms with E-state index in [1.807, 2.05) is 0 Å². The van der Waals surface area contributed by atoms with E-state index in [2.05, 4.69) is 38.2 Å². The number of allylic oxidation sites excluding steroid dienone is 6. The predicted molar refractivity (Wildman–Crippen MR) is 66.8 cm³/mol. The van der Waals surface area contributed by atoms with Crippen LogP contribution in [0.15, 0.2) is 35.5 Å². The zero-order chi connectivity index (χ0) is 10.7. The molecule has 0 aromatic heterocycles. The van der Waals surface area contributed by atoms with Crippen molar-refractivity contribution in [3.63, 3.8) is 0 Å². The van der Waals surface area contributed by atoms with Crippen molar-refractivity contribution >= 4 is 0 Å². The third kappa shape index (κ3) is 1.95. The molecule has 2 aliphatic carbocycles. The van der Waals surface area contributed by atoms with Gasteiger partial charge in [0.05, 0.1) is 0 Å². The van der Waals surface area contributed by atoms with Crippen molar-refractivity contribution in [1.29, 1.82) is 0 Å². The molecule has 0 N–H and O–H groups in total. The van der Waals surface area contributed by atoms with Crippen LogP contribution < -0.4 is 0 Å². The minimum atomic E-state index is 0.554. The summed E-state index contributed by atoms with van der Waals surface area (Å²) in [7, 11) is 0. The van der Waals surface area contributed by atoms with Crippen LogP contribution in [0.1, 0.15) is 52.4 Å². The molecule has 0 nitrogen and oxygen atoms in total. The molecule has 1 spiro atoms. The van der Waals surface area contributed by atoms with E-state index in [4.69, 9.17) is 0 Å². The van der Waals surface area contributed by atoms with Crippen molar-refractivity contribution in [3.8, 4) is 0 Å². The van der Waals surface area contributed by atoms with Crippen molar-refractivity contribution in [2.75, 3.05) is 0 Å². The second-order valence-corrected chi connectivity index (χ2v) is 5.03.